The van der Waals surface area contributed by atoms with Gasteiger partial charge in [0, 0.05) is 11.6 Å². The van der Waals surface area contributed by atoms with E-state index >= 15 is 0 Å². The van der Waals surface area contributed by atoms with Crippen LogP contribution in [0.15, 0.2) is 90.5 Å². The van der Waals surface area contributed by atoms with Gasteiger partial charge in [0.05, 0.1) is 17.3 Å². The van der Waals surface area contributed by atoms with Crippen LogP contribution in [0, 0.1) is 11.6 Å². The summed E-state index contributed by atoms with van der Waals surface area (Å²) < 4.78 is 28.7. The summed E-state index contributed by atoms with van der Waals surface area (Å²) >= 11 is 0. The number of Topliss-reactive ketones (excluding diaryl/α,β-unsaturated/α-hetero) is 1. The molecule has 0 spiro atoms. The molecule has 5 rings (SSSR count). The lowest BCUT2D eigenvalue weighted by Gasteiger charge is -2.26. The predicted octanol–water partition coefficient (Wildman–Crippen LogP) is 5.45. The summed E-state index contributed by atoms with van der Waals surface area (Å²) in [5, 5.41) is 22.9. The normalized spacial score (nSPS) is 17.5. The zero-order valence-electron chi connectivity index (χ0n) is 17.6. The number of phenolic OH excluding ortho intramolecular Hbond substituents is 1. The number of fused-ring (bicyclic) bond motifs is 1. The Balaban J connectivity index is 1.76. The zero-order valence-corrected chi connectivity index (χ0v) is 17.6. The molecule has 1 aliphatic heterocycles. The molecular weight excluding hydrogens is 440 g/mol. The summed E-state index contributed by atoms with van der Waals surface area (Å²) in [6.07, 6.45) is 0. The molecule has 1 atom stereocenters. The zero-order chi connectivity index (χ0) is 24.0. The molecule has 0 radical (unpaired) electrons. The molecule has 1 heterocycles. The maximum Gasteiger partial charge on any atom is 0.300 e. The van der Waals surface area contributed by atoms with Crippen LogP contribution in [0.2, 0.25) is 0 Å². The Bertz CT molecular complexity index is 1510. The van der Waals surface area contributed by atoms with Gasteiger partial charge in [-0.2, -0.15) is 0 Å². The molecule has 4 aromatic carbocycles. The van der Waals surface area contributed by atoms with E-state index in [2.05, 4.69) is 0 Å². The lowest BCUT2D eigenvalue weighted by Crippen LogP contribution is -2.30. The number of phenols is 1. The maximum absolute atomic E-state index is 14.7. The monoisotopic (exact) mass is 457 g/mol. The molecule has 1 fully saturated rings. The third-order valence-electron chi connectivity index (χ3n) is 5.82. The van der Waals surface area contributed by atoms with Gasteiger partial charge < -0.3 is 10.2 Å². The van der Waals surface area contributed by atoms with Crippen LogP contribution in [-0.2, 0) is 9.59 Å². The number of hydrogen-bond acceptors (Lipinski definition) is 4. The van der Waals surface area contributed by atoms with Crippen LogP contribution >= 0.6 is 0 Å². The number of carbonyl (C=O) groups is 2. The fraction of sp³-hybridized carbons (Fsp3) is 0.0370. The van der Waals surface area contributed by atoms with Crippen LogP contribution in [-0.4, -0.2) is 21.9 Å². The first-order valence-corrected chi connectivity index (χ1v) is 10.4. The molecule has 0 aliphatic carbocycles. The number of nitrogens with zero attached hydrogens (tertiary/aromatic N) is 1. The van der Waals surface area contributed by atoms with Gasteiger partial charge in [0.25, 0.3) is 11.7 Å². The molecule has 1 aliphatic rings. The van der Waals surface area contributed by atoms with E-state index in [-0.39, 0.29) is 22.4 Å². The molecule has 1 unspecified atom stereocenters. The van der Waals surface area contributed by atoms with E-state index in [0.717, 1.165) is 33.9 Å². The molecule has 2 N–H and O–H groups in total. The van der Waals surface area contributed by atoms with E-state index in [0.29, 0.717) is 0 Å². The highest BCUT2D eigenvalue weighted by molar-refractivity contribution is 6.51. The molecule has 7 heteroatoms. The Morgan fingerprint density at radius 1 is 0.824 bits per heavy atom. The fourth-order valence-corrected chi connectivity index (χ4v) is 4.25. The van der Waals surface area contributed by atoms with Gasteiger partial charge in [-0.15, -0.1) is 0 Å². The Hall–Kier alpha value is -4.52. The van der Waals surface area contributed by atoms with Crippen LogP contribution < -0.4 is 4.90 Å². The van der Waals surface area contributed by atoms with Crippen LogP contribution in [0.1, 0.15) is 17.2 Å². The van der Waals surface area contributed by atoms with Crippen molar-refractivity contribution < 1.29 is 28.6 Å². The number of amides is 1. The van der Waals surface area contributed by atoms with Gasteiger partial charge in [0.15, 0.2) is 0 Å². The van der Waals surface area contributed by atoms with Gasteiger partial charge >= 0.3 is 0 Å². The van der Waals surface area contributed by atoms with Crippen molar-refractivity contribution in [1.82, 2.24) is 0 Å². The number of carbonyl (C=O) groups excluding carboxylic acids is 2. The first-order chi connectivity index (χ1) is 16.3. The number of halogens is 2. The molecular formula is C27H17F2NO4. The van der Waals surface area contributed by atoms with Gasteiger partial charge in [-0.25, -0.2) is 8.78 Å². The van der Waals surface area contributed by atoms with Gasteiger partial charge in [-0.05, 0) is 46.7 Å². The molecule has 1 saturated heterocycles. The summed E-state index contributed by atoms with van der Waals surface area (Å²) in [6.45, 7) is 0. The highest BCUT2D eigenvalue weighted by Crippen LogP contribution is 2.43. The van der Waals surface area contributed by atoms with Crippen molar-refractivity contribution in [3.8, 4) is 5.75 Å². The standard InChI is InChI=1S/C27H17F2NO4/c28-19-10-11-21(29)22(14-19)30-24(17-6-3-7-20(31)13-17)23(26(33)27(30)34)25(32)18-9-8-15-4-1-2-5-16(15)12-18/h1-14,24,31-32H/b25-23-. The van der Waals surface area contributed by atoms with E-state index < -0.39 is 40.8 Å². The largest absolute Gasteiger partial charge is 0.508 e. The summed E-state index contributed by atoms with van der Waals surface area (Å²) in [5.41, 5.74) is -0.227. The number of aliphatic hydroxyl groups is 1. The van der Waals surface area contributed by atoms with Crippen LogP contribution in [0.3, 0.4) is 0 Å². The van der Waals surface area contributed by atoms with Crippen molar-refractivity contribution in [2.75, 3.05) is 4.90 Å². The second kappa shape index (κ2) is 8.12. The number of hydrogen-bond donors (Lipinski definition) is 2. The van der Waals surface area contributed by atoms with E-state index in [1.165, 1.54) is 24.3 Å². The number of anilines is 1. The van der Waals surface area contributed by atoms with Crippen molar-refractivity contribution in [2.24, 2.45) is 0 Å². The predicted molar refractivity (Wildman–Crippen MR) is 123 cm³/mol. The lowest BCUT2D eigenvalue weighted by molar-refractivity contribution is -0.132. The van der Waals surface area contributed by atoms with Crippen LogP contribution in [0.4, 0.5) is 14.5 Å². The molecule has 4 aromatic rings. The quantitative estimate of drug-likeness (QED) is 0.244. The van der Waals surface area contributed by atoms with E-state index in [4.69, 9.17) is 0 Å². The minimum atomic E-state index is -1.30. The third kappa shape index (κ3) is 3.47. The number of ketones is 1. The Morgan fingerprint density at radius 2 is 1.59 bits per heavy atom. The molecule has 0 saturated carbocycles. The highest BCUT2D eigenvalue weighted by Gasteiger charge is 2.48. The van der Waals surface area contributed by atoms with Gasteiger partial charge in [0.2, 0.25) is 0 Å². The first-order valence-electron chi connectivity index (χ1n) is 10.4. The number of benzene rings is 4. The van der Waals surface area contributed by atoms with Gasteiger partial charge in [-0.3, -0.25) is 14.5 Å². The van der Waals surface area contributed by atoms with Crippen molar-refractivity contribution in [1.29, 1.82) is 0 Å². The highest BCUT2D eigenvalue weighted by atomic mass is 19.1. The summed E-state index contributed by atoms with van der Waals surface area (Å²) in [5.74, 6) is -4.52. The third-order valence-corrected chi connectivity index (χ3v) is 5.82. The maximum atomic E-state index is 14.7. The molecule has 1 amide bonds. The minimum Gasteiger partial charge on any atom is -0.508 e. The average molecular weight is 457 g/mol. The molecule has 0 aromatic heterocycles. The van der Waals surface area contributed by atoms with Crippen LogP contribution in [0.25, 0.3) is 16.5 Å². The molecule has 5 nitrogen and oxygen atoms in total. The number of aromatic hydroxyl groups is 1. The van der Waals surface area contributed by atoms with Crippen molar-refractivity contribution in [3.05, 3.63) is 113 Å². The smallest absolute Gasteiger partial charge is 0.300 e. The summed E-state index contributed by atoms with van der Waals surface area (Å²) in [6, 6.07) is 19.4. The Kier molecular flexibility index (Phi) is 5.09. The number of aliphatic hydroxyl groups excluding tert-OH is 1. The van der Waals surface area contributed by atoms with Crippen molar-refractivity contribution >= 4 is 33.9 Å². The van der Waals surface area contributed by atoms with E-state index in [9.17, 15) is 28.6 Å². The van der Waals surface area contributed by atoms with Gasteiger partial charge in [0.1, 0.15) is 23.1 Å². The molecule has 0 bridgehead atoms. The fourth-order valence-electron chi connectivity index (χ4n) is 4.25. The average Bonchev–Trinajstić information content (AvgIpc) is 3.10. The van der Waals surface area contributed by atoms with E-state index in [1.807, 2.05) is 24.3 Å². The van der Waals surface area contributed by atoms with Gasteiger partial charge in [-0.1, -0.05) is 48.5 Å². The summed E-state index contributed by atoms with van der Waals surface area (Å²) in [4.78, 5) is 27.0. The Morgan fingerprint density at radius 3 is 2.35 bits per heavy atom. The topological polar surface area (TPSA) is 77.8 Å². The van der Waals surface area contributed by atoms with Crippen molar-refractivity contribution in [2.45, 2.75) is 6.04 Å². The lowest BCUT2D eigenvalue weighted by atomic mass is 9.94. The first kappa shape index (κ1) is 21.3. The molecule has 168 valence electrons. The summed E-state index contributed by atoms with van der Waals surface area (Å²) in [7, 11) is 0. The SMILES string of the molecule is O=C1C(=O)N(c2cc(F)ccc2F)C(c2cccc(O)c2)/C1=C(/O)c1ccc2ccccc2c1. The van der Waals surface area contributed by atoms with Crippen LogP contribution in [0.5, 0.6) is 5.75 Å². The van der Waals surface area contributed by atoms with Crippen molar-refractivity contribution in [3.63, 3.8) is 0 Å². The molecule has 34 heavy (non-hydrogen) atoms. The minimum absolute atomic E-state index is 0.159. The second-order valence-electron chi connectivity index (χ2n) is 7.92. The Labute approximate surface area is 192 Å². The second-order valence-corrected chi connectivity index (χ2v) is 7.92. The number of rotatable bonds is 3. The van der Waals surface area contributed by atoms with E-state index in [1.54, 1.807) is 18.2 Å².